The third-order valence-corrected chi connectivity index (χ3v) is 0.548. The highest BCUT2D eigenvalue weighted by molar-refractivity contribution is 5.70. The number of rotatable bonds is 1. The first-order valence-electron chi connectivity index (χ1n) is 4.26. The summed E-state index contributed by atoms with van der Waals surface area (Å²) in [5.41, 5.74) is 4.47. The Morgan fingerprint density at radius 1 is 1.42 bits per heavy atom. The van der Waals surface area contributed by atoms with Crippen LogP contribution in [0.4, 0.5) is 0 Å². The van der Waals surface area contributed by atoms with Gasteiger partial charge in [-0.25, -0.2) is 4.58 Å². The molecule has 0 aromatic rings. The first-order chi connectivity index (χ1) is 5.50. The maximum absolute atomic E-state index is 9.22. The maximum Gasteiger partial charge on any atom is 0.214 e. The zero-order chi connectivity index (χ0) is 10.6. The van der Waals surface area contributed by atoms with Crippen LogP contribution in [0.1, 0.15) is 34.1 Å². The molecule has 3 heteroatoms. The van der Waals surface area contributed by atoms with Crippen LogP contribution < -0.4 is 5.73 Å². The average molecular weight is 180 g/mol. The van der Waals surface area contributed by atoms with Crippen LogP contribution in [0.5, 0.6) is 0 Å². The Kier molecular flexibility index (Phi) is 23.9. The number of hydrogen-bond acceptors (Lipinski definition) is 1. The first-order valence-corrected chi connectivity index (χ1v) is 4.26. The average Bonchev–Trinajstić information content (AvgIpc) is 1.90. The molecule has 0 saturated heterocycles. The molecule has 0 saturated carbocycles. The second kappa shape index (κ2) is 16.6. The summed E-state index contributed by atoms with van der Waals surface area (Å²) in [5, 5.41) is 0. The van der Waals surface area contributed by atoms with Crippen LogP contribution in [-0.4, -0.2) is 30.8 Å². The van der Waals surface area contributed by atoms with Gasteiger partial charge in [-0.3, -0.25) is 4.79 Å². The molecule has 74 valence electrons. The van der Waals surface area contributed by atoms with Gasteiger partial charge in [0.2, 0.25) is 5.91 Å². The van der Waals surface area contributed by atoms with Gasteiger partial charge in [0.15, 0.2) is 0 Å². The van der Waals surface area contributed by atoms with E-state index in [-0.39, 0.29) is 5.91 Å². The summed E-state index contributed by atoms with van der Waals surface area (Å²) in [5.74, 6) is -0.333. The summed E-state index contributed by atoms with van der Waals surface area (Å²) in [7, 11) is 4.06. The zero-order valence-electron chi connectivity index (χ0n) is 9.22. The van der Waals surface area contributed by atoms with Crippen molar-refractivity contribution in [1.82, 2.24) is 0 Å². The van der Waals surface area contributed by atoms with Crippen LogP contribution >= 0.6 is 0 Å². The molecule has 0 fully saturated rings. The quantitative estimate of drug-likeness (QED) is 0.281. The number of carbonyl (C=O) groups excluding carboxylic acids is 1. The van der Waals surface area contributed by atoms with Crippen molar-refractivity contribution in [3.8, 4) is 0 Å². The summed E-state index contributed by atoms with van der Waals surface area (Å²) in [6, 6.07) is 0. The minimum Gasteiger partial charge on any atom is -0.370 e. The van der Waals surface area contributed by atoms with Crippen LogP contribution in [0.25, 0.3) is 0 Å². The number of nitrogens with two attached hydrogens (primary N) is 1. The smallest absolute Gasteiger partial charge is 0.214 e. The zero-order valence-corrected chi connectivity index (χ0v) is 9.22. The van der Waals surface area contributed by atoms with Crippen molar-refractivity contribution in [3.05, 3.63) is 0 Å². The van der Waals surface area contributed by atoms with E-state index in [1.807, 2.05) is 27.9 Å². The van der Waals surface area contributed by atoms with Gasteiger partial charge < -0.3 is 5.73 Å². The molecule has 0 heterocycles. The molecule has 0 radical (unpaired) electrons. The van der Waals surface area contributed by atoms with Gasteiger partial charge in [-0.05, 0) is 0 Å². The summed E-state index contributed by atoms with van der Waals surface area (Å²) in [6.45, 7) is 7.43. The molecule has 0 aliphatic heterocycles. The normalized spacial score (nSPS) is 6.50. The van der Waals surface area contributed by atoms with Crippen LogP contribution in [0, 0.1) is 0 Å². The lowest BCUT2D eigenvalue weighted by molar-refractivity contribution is -0.460. The van der Waals surface area contributed by atoms with Gasteiger partial charge in [0.05, 0.1) is 0 Å². The number of carbonyl (C=O) groups is 1. The number of primary amides is 1. The second-order valence-corrected chi connectivity index (χ2v) is 2.17. The van der Waals surface area contributed by atoms with Gasteiger partial charge in [-0.1, -0.05) is 20.8 Å². The van der Waals surface area contributed by atoms with Crippen molar-refractivity contribution >= 4 is 12.1 Å². The van der Waals surface area contributed by atoms with E-state index in [0.717, 1.165) is 6.42 Å². The van der Waals surface area contributed by atoms with Crippen LogP contribution in [0.15, 0.2) is 0 Å². The van der Waals surface area contributed by atoms with E-state index >= 15 is 0 Å². The molecule has 0 atom stereocenters. The maximum atomic E-state index is 9.22. The molecular formula is C9H23N2O+. The monoisotopic (exact) mass is 180 g/mol. The fraction of sp³-hybridized carbons (Fsp3) is 0.778. The molecule has 2 N–H and O–H groups in total. The lowest BCUT2D eigenvalue weighted by Crippen LogP contribution is -2.01. The fourth-order valence-electron chi connectivity index (χ4n) is 0.365. The highest BCUT2D eigenvalue weighted by Gasteiger charge is 1.72. The second-order valence-electron chi connectivity index (χ2n) is 2.17. The van der Waals surface area contributed by atoms with Gasteiger partial charge in [-0.2, -0.15) is 0 Å². The Labute approximate surface area is 76.3 Å². The Morgan fingerprint density at radius 3 is 1.67 bits per heavy atom. The molecule has 0 aliphatic rings. The largest absolute Gasteiger partial charge is 0.370 e. The van der Waals surface area contributed by atoms with E-state index in [2.05, 4.69) is 23.4 Å². The molecule has 0 unspecified atom stereocenters. The van der Waals surface area contributed by atoms with Crippen molar-refractivity contribution < 1.29 is 9.37 Å². The molecule has 1 amide bonds. The highest BCUT2D eigenvalue weighted by atomic mass is 16.2. The van der Waals surface area contributed by atoms with Crippen LogP contribution in [0.3, 0.4) is 0 Å². The van der Waals surface area contributed by atoms with Gasteiger partial charge >= 0.3 is 0 Å². The lowest BCUT2D eigenvalue weighted by atomic mass is 10.8. The Balaban J connectivity index is -0.000000118. The first kappa shape index (κ1) is 17.3. The molecule has 12 heavy (non-hydrogen) atoms. The molecule has 0 rings (SSSR count). The van der Waals surface area contributed by atoms with Crippen molar-refractivity contribution in [3.63, 3.8) is 0 Å². The number of nitrogens with zero attached hydrogens (tertiary/aromatic N) is 1. The standard InChI is InChI=1S/C5H12N.C2H5NO.C2H6/c1-4-5-6(2)3;1-2(3)4;1-2/h5H,4H2,1-3H3;1H3,(H2,3,4);1-2H3/q+1;;/i1+1,4+1;3+1;1+1,2+1. The van der Waals surface area contributed by atoms with Crippen molar-refractivity contribution in [2.75, 3.05) is 14.1 Å². The topological polar surface area (TPSA) is 46.1 Å². The molecule has 0 aromatic heterocycles. The van der Waals surface area contributed by atoms with Crippen LogP contribution in [-0.2, 0) is 4.79 Å². The van der Waals surface area contributed by atoms with E-state index in [1.54, 1.807) is 0 Å². The van der Waals surface area contributed by atoms with Gasteiger partial charge in [0.25, 0.3) is 0 Å². The minimum absolute atomic E-state index is 0.333. The van der Waals surface area contributed by atoms with Crippen molar-refractivity contribution in [2.45, 2.75) is 34.1 Å². The fourth-order valence-corrected chi connectivity index (χ4v) is 0.365. The Bertz CT molecular complexity index is 112. The predicted octanol–water partition coefficient (Wildman–Crippen LogP) is 1.26. The summed E-state index contributed by atoms with van der Waals surface area (Å²) < 4.78 is 2.06. The summed E-state index contributed by atoms with van der Waals surface area (Å²) >= 11 is 0. The molecule has 3 nitrogen and oxygen atoms in total. The van der Waals surface area contributed by atoms with Crippen molar-refractivity contribution in [2.24, 2.45) is 5.73 Å². The summed E-state index contributed by atoms with van der Waals surface area (Å²) in [6.07, 6.45) is 3.26. The van der Waals surface area contributed by atoms with Gasteiger partial charge in [-0.15, -0.1) is 0 Å². The molecule has 0 spiro atoms. The Hall–Kier alpha value is -0.860. The van der Waals surface area contributed by atoms with Gasteiger partial charge in [0.1, 0.15) is 20.3 Å². The van der Waals surface area contributed by atoms with E-state index in [0.29, 0.717) is 0 Å². The molecular weight excluding hydrogens is 157 g/mol. The number of hydrogen-bond donors (Lipinski definition) is 1. The number of amides is 1. The third-order valence-electron chi connectivity index (χ3n) is 0.548. The van der Waals surface area contributed by atoms with E-state index < -0.39 is 0 Å². The Morgan fingerprint density at radius 2 is 1.67 bits per heavy atom. The van der Waals surface area contributed by atoms with E-state index in [1.165, 1.54) is 6.92 Å². The van der Waals surface area contributed by atoms with Crippen LogP contribution in [0.2, 0.25) is 0 Å². The molecule has 0 aliphatic carbocycles. The summed E-state index contributed by atoms with van der Waals surface area (Å²) in [4.78, 5) is 9.22. The molecule has 0 aromatic carbocycles. The van der Waals surface area contributed by atoms with E-state index in [9.17, 15) is 4.79 Å². The van der Waals surface area contributed by atoms with Crippen molar-refractivity contribution in [1.29, 1.82) is 0 Å². The molecule has 0 bridgehead atoms. The third kappa shape index (κ3) is 132. The minimum atomic E-state index is -0.333. The highest BCUT2D eigenvalue weighted by Crippen LogP contribution is 1.61. The van der Waals surface area contributed by atoms with E-state index in [4.69, 9.17) is 0 Å². The predicted molar refractivity (Wildman–Crippen MR) is 54.7 cm³/mol. The van der Waals surface area contributed by atoms with Gasteiger partial charge in [0, 0.05) is 13.3 Å². The SMILES string of the molecule is CC([15NH2])=O.C[N+](C)=C[13CH2][13CH3].[13CH3][13CH3]. The lowest BCUT2D eigenvalue weighted by Gasteiger charge is -1.76.